The van der Waals surface area contributed by atoms with E-state index in [-0.39, 0.29) is 12.2 Å². The third kappa shape index (κ3) is 2.41. The fourth-order valence-corrected chi connectivity index (χ4v) is 2.15. The number of anilines is 1. The monoisotopic (exact) mass is 283 g/mol. The SMILES string of the molecule is CCc1nn(C)c(Cn2cc(N)c(=O)[nH]c2=O)c1Cl. The highest BCUT2D eigenvalue weighted by molar-refractivity contribution is 6.31. The summed E-state index contributed by atoms with van der Waals surface area (Å²) in [5.74, 6) is 0. The minimum atomic E-state index is -0.591. The van der Waals surface area contributed by atoms with Crippen LogP contribution in [0.15, 0.2) is 15.8 Å². The second-order valence-corrected chi connectivity index (χ2v) is 4.53. The zero-order valence-corrected chi connectivity index (χ0v) is 11.4. The van der Waals surface area contributed by atoms with Crippen molar-refractivity contribution in [1.29, 1.82) is 0 Å². The molecule has 0 bridgehead atoms. The number of halogens is 1. The second-order valence-electron chi connectivity index (χ2n) is 4.16. The summed E-state index contributed by atoms with van der Waals surface area (Å²) in [6.45, 7) is 2.14. The topological polar surface area (TPSA) is 98.7 Å². The van der Waals surface area contributed by atoms with Gasteiger partial charge in [0.15, 0.2) is 0 Å². The van der Waals surface area contributed by atoms with Gasteiger partial charge in [-0.3, -0.25) is 19.0 Å². The minimum Gasteiger partial charge on any atom is -0.393 e. The van der Waals surface area contributed by atoms with Crippen LogP contribution in [0.1, 0.15) is 18.3 Å². The van der Waals surface area contributed by atoms with Gasteiger partial charge in [-0.2, -0.15) is 5.10 Å². The van der Waals surface area contributed by atoms with Gasteiger partial charge in [0.05, 0.1) is 23.0 Å². The van der Waals surface area contributed by atoms with Crippen LogP contribution in [0, 0.1) is 0 Å². The molecule has 3 N–H and O–H groups in total. The Morgan fingerprint density at radius 1 is 1.47 bits per heavy atom. The van der Waals surface area contributed by atoms with Crippen LogP contribution in [0.3, 0.4) is 0 Å². The Kier molecular flexibility index (Phi) is 3.48. The summed E-state index contributed by atoms with van der Waals surface area (Å²) in [6.07, 6.45) is 2.01. The average molecular weight is 284 g/mol. The zero-order chi connectivity index (χ0) is 14.2. The molecule has 0 aliphatic heterocycles. The third-order valence-corrected chi connectivity index (χ3v) is 3.30. The zero-order valence-electron chi connectivity index (χ0n) is 10.6. The van der Waals surface area contributed by atoms with Gasteiger partial charge in [-0.15, -0.1) is 0 Å². The van der Waals surface area contributed by atoms with Crippen LogP contribution in [0.5, 0.6) is 0 Å². The molecule has 0 aliphatic rings. The fourth-order valence-electron chi connectivity index (χ4n) is 1.80. The third-order valence-electron chi connectivity index (χ3n) is 2.86. The van der Waals surface area contributed by atoms with Crippen molar-refractivity contribution in [2.24, 2.45) is 7.05 Å². The Bertz CT molecular complexity index is 728. The highest BCUT2D eigenvalue weighted by Gasteiger charge is 2.14. The summed E-state index contributed by atoms with van der Waals surface area (Å²) >= 11 is 6.20. The predicted octanol–water partition coefficient (Wildman–Crippen LogP) is 0.116. The lowest BCUT2D eigenvalue weighted by Gasteiger charge is -2.06. The molecule has 0 atom stereocenters. The van der Waals surface area contributed by atoms with Crippen LogP contribution < -0.4 is 17.0 Å². The first-order valence-corrected chi connectivity index (χ1v) is 6.11. The minimum absolute atomic E-state index is 0.0198. The number of rotatable bonds is 3. The molecule has 0 saturated heterocycles. The number of hydrogen-bond acceptors (Lipinski definition) is 4. The standard InChI is InChI=1S/C11H14ClN5O2/c1-3-7-9(12)8(16(2)15-7)5-17-4-6(13)10(18)14-11(17)19/h4H,3,5,13H2,1-2H3,(H,14,18,19). The fraction of sp³-hybridized carbons (Fsp3) is 0.364. The Balaban J connectivity index is 2.48. The highest BCUT2D eigenvalue weighted by Crippen LogP contribution is 2.21. The summed E-state index contributed by atoms with van der Waals surface area (Å²) in [7, 11) is 1.75. The summed E-state index contributed by atoms with van der Waals surface area (Å²) in [5, 5.41) is 4.79. The molecule has 0 fully saturated rings. The van der Waals surface area contributed by atoms with Crippen molar-refractivity contribution in [1.82, 2.24) is 19.3 Å². The van der Waals surface area contributed by atoms with Crippen molar-refractivity contribution in [3.8, 4) is 0 Å². The van der Waals surface area contributed by atoms with Gasteiger partial charge < -0.3 is 5.73 Å². The summed E-state index contributed by atoms with van der Waals surface area (Å²) in [4.78, 5) is 25.0. The number of aromatic amines is 1. The first-order valence-electron chi connectivity index (χ1n) is 5.73. The number of aryl methyl sites for hydroxylation is 2. The van der Waals surface area contributed by atoms with E-state index in [0.717, 1.165) is 5.69 Å². The molecule has 0 unspecified atom stereocenters. The van der Waals surface area contributed by atoms with E-state index < -0.39 is 11.2 Å². The van der Waals surface area contributed by atoms with Crippen LogP contribution in [0.2, 0.25) is 5.02 Å². The summed E-state index contributed by atoms with van der Waals surface area (Å²) in [5.41, 5.74) is 5.80. The molecule has 2 heterocycles. The maximum Gasteiger partial charge on any atom is 0.328 e. The number of nitrogens with zero attached hydrogens (tertiary/aromatic N) is 3. The van der Waals surface area contributed by atoms with Gasteiger partial charge >= 0.3 is 5.69 Å². The number of aromatic nitrogens is 4. The molecule has 0 spiro atoms. The number of nitrogens with one attached hydrogen (secondary N) is 1. The Morgan fingerprint density at radius 3 is 2.74 bits per heavy atom. The molecular weight excluding hydrogens is 270 g/mol. The number of nitrogens with two attached hydrogens (primary N) is 1. The molecule has 2 rings (SSSR count). The quantitative estimate of drug-likeness (QED) is 0.835. The first kappa shape index (κ1) is 13.4. The molecule has 19 heavy (non-hydrogen) atoms. The molecule has 0 saturated carbocycles. The van der Waals surface area contributed by atoms with E-state index in [1.165, 1.54) is 10.8 Å². The lowest BCUT2D eigenvalue weighted by molar-refractivity contribution is 0.638. The van der Waals surface area contributed by atoms with Crippen molar-refractivity contribution in [3.63, 3.8) is 0 Å². The molecule has 8 heteroatoms. The van der Waals surface area contributed by atoms with Gasteiger partial charge in [-0.25, -0.2) is 4.79 Å². The second kappa shape index (κ2) is 4.93. The van der Waals surface area contributed by atoms with Gasteiger partial charge in [0.25, 0.3) is 5.56 Å². The molecule has 0 aliphatic carbocycles. The van der Waals surface area contributed by atoms with E-state index in [1.54, 1.807) is 11.7 Å². The predicted molar refractivity (Wildman–Crippen MR) is 72.4 cm³/mol. The van der Waals surface area contributed by atoms with E-state index in [2.05, 4.69) is 10.1 Å². The van der Waals surface area contributed by atoms with Gasteiger partial charge in [0, 0.05) is 13.2 Å². The normalized spacial score (nSPS) is 10.9. The largest absolute Gasteiger partial charge is 0.393 e. The first-order chi connectivity index (χ1) is 8.93. The summed E-state index contributed by atoms with van der Waals surface area (Å²) < 4.78 is 2.91. The molecule has 0 aromatic carbocycles. The van der Waals surface area contributed by atoms with E-state index in [4.69, 9.17) is 17.3 Å². The maximum atomic E-state index is 11.7. The molecule has 0 amide bonds. The van der Waals surface area contributed by atoms with Crippen LogP contribution in [-0.4, -0.2) is 19.3 Å². The molecule has 0 radical (unpaired) electrons. The van der Waals surface area contributed by atoms with Crippen molar-refractivity contribution in [2.75, 3.05) is 5.73 Å². The van der Waals surface area contributed by atoms with Crippen molar-refractivity contribution >= 4 is 17.3 Å². The van der Waals surface area contributed by atoms with Crippen molar-refractivity contribution < 1.29 is 0 Å². The number of nitrogen functional groups attached to an aromatic ring is 1. The number of H-pyrrole nitrogens is 1. The van der Waals surface area contributed by atoms with Crippen LogP contribution in [-0.2, 0) is 20.0 Å². The molecule has 7 nitrogen and oxygen atoms in total. The molecule has 2 aromatic heterocycles. The van der Waals surface area contributed by atoms with Gasteiger partial charge in [-0.1, -0.05) is 18.5 Å². The van der Waals surface area contributed by atoms with Crippen molar-refractivity contribution in [3.05, 3.63) is 43.4 Å². The summed E-state index contributed by atoms with van der Waals surface area (Å²) in [6, 6.07) is 0. The molecule has 2 aromatic rings. The molecule has 102 valence electrons. The van der Waals surface area contributed by atoms with E-state index in [0.29, 0.717) is 17.1 Å². The lowest BCUT2D eigenvalue weighted by atomic mass is 10.3. The Morgan fingerprint density at radius 2 is 2.16 bits per heavy atom. The van der Waals surface area contributed by atoms with Crippen LogP contribution in [0.25, 0.3) is 0 Å². The van der Waals surface area contributed by atoms with Crippen LogP contribution >= 0.6 is 11.6 Å². The van der Waals surface area contributed by atoms with E-state index in [1.807, 2.05) is 6.92 Å². The van der Waals surface area contributed by atoms with E-state index >= 15 is 0 Å². The Hall–Kier alpha value is -2.02. The lowest BCUT2D eigenvalue weighted by Crippen LogP contribution is -2.31. The smallest absolute Gasteiger partial charge is 0.328 e. The van der Waals surface area contributed by atoms with Crippen LogP contribution in [0.4, 0.5) is 5.69 Å². The van der Waals surface area contributed by atoms with Gasteiger partial charge in [0.2, 0.25) is 0 Å². The van der Waals surface area contributed by atoms with Crippen molar-refractivity contribution in [2.45, 2.75) is 19.9 Å². The number of hydrogen-bond donors (Lipinski definition) is 2. The highest BCUT2D eigenvalue weighted by atomic mass is 35.5. The average Bonchev–Trinajstić information content (AvgIpc) is 2.63. The van der Waals surface area contributed by atoms with Gasteiger partial charge in [0.1, 0.15) is 5.69 Å². The Labute approximate surface area is 113 Å². The van der Waals surface area contributed by atoms with E-state index in [9.17, 15) is 9.59 Å². The molecular formula is C11H14ClN5O2. The van der Waals surface area contributed by atoms with Gasteiger partial charge in [-0.05, 0) is 6.42 Å². The maximum absolute atomic E-state index is 11.7.